The number of allylic oxidation sites excluding steroid dienone is 1. The van der Waals surface area contributed by atoms with Gasteiger partial charge in [-0.1, -0.05) is 69.9 Å². The number of nitrogens with one attached hydrogen (secondary N) is 2. The number of esters is 1. The summed E-state index contributed by atoms with van der Waals surface area (Å²) in [6, 6.07) is 6.09. The minimum absolute atomic E-state index is 0.0154. The summed E-state index contributed by atoms with van der Waals surface area (Å²) in [4.78, 5) is 40.4. The van der Waals surface area contributed by atoms with Gasteiger partial charge in [-0.25, -0.2) is 4.79 Å². The van der Waals surface area contributed by atoms with E-state index in [1.54, 1.807) is 18.2 Å². The van der Waals surface area contributed by atoms with Crippen LogP contribution >= 0.6 is 0 Å². The van der Waals surface area contributed by atoms with Crippen LogP contribution in [0.2, 0.25) is 0 Å². The standard InChI is InChI=1S/C39H56N2O9/c1-4-6-10-18-39(19-11-7-5-2)49-33-24-28(36(44)41-34(25(3)43)37(45)40-20-21-42)23-32(35(33)50-39)48-38(46)29-13-9-8-12-27(29)16-14-26-15-17-30-31(22-26)47-30/h8-9,12-14,16,24-26,30-35,42-43H,4-7,10-11,15,17-23H2,1-3H3,(H,40,45)(H,41,44). The fourth-order valence-electron chi connectivity index (χ4n) is 7.41. The third-order valence-corrected chi connectivity index (χ3v) is 10.3. The van der Waals surface area contributed by atoms with Gasteiger partial charge in [0.05, 0.1) is 30.5 Å². The number of aliphatic hydroxyl groups excluding tert-OH is 2. The average Bonchev–Trinajstić information content (AvgIpc) is 3.79. The van der Waals surface area contributed by atoms with Crippen molar-refractivity contribution in [1.29, 1.82) is 0 Å². The molecule has 4 aliphatic rings. The van der Waals surface area contributed by atoms with E-state index < -0.39 is 54.0 Å². The Morgan fingerprint density at radius 2 is 1.78 bits per heavy atom. The van der Waals surface area contributed by atoms with Crippen molar-refractivity contribution < 1.29 is 43.5 Å². The van der Waals surface area contributed by atoms with Gasteiger partial charge in [0.15, 0.2) is 5.79 Å². The van der Waals surface area contributed by atoms with Gasteiger partial charge in [0.2, 0.25) is 11.8 Å². The SMILES string of the molecule is CCCCCC1(CCCCC)OC2C=C(C(=O)NC(C(=O)NCCO)C(C)O)CC(OC(=O)c3ccccc3C=CC3CCC4OC4C3)C2O1. The number of benzene rings is 1. The molecule has 50 heavy (non-hydrogen) atoms. The maximum Gasteiger partial charge on any atom is 0.339 e. The van der Waals surface area contributed by atoms with E-state index in [0.717, 1.165) is 63.4 Å². The van der Waals surface area contributed by atoms with Crippen LogP contribution in [0.15, 0.2) is 42.0 Å². The zero-order valence-corrected chi connectivity index (χ0v) is 29.8. The van der Waals surface area contributed by atoms with E-state index in [4.69, 9.17) is 24.1 Å². The topological polar surface area (TPSA) is 156 Å². The molecule has 8 atom stereocenters. The Morgan fingerprint density at radius 3 is 2.46 bits per heavy atom. The molecule has 0 radical (unpaired) electrons. The summed E-state index contributed by atoms with van der Waals surface area (Å²) < 4.78 is 25.4. The van der Waals surface area contributed by atoms with E-state index in [0.29, 0.717) is 36.5 Å². The highest BCUT2D eigenvalue weighted by molar-refractivity contribution is 5.98. The Kier molecular flexibility index (Phi) is 13.7. The van der Waals surface area contributed by atoms with Crippen molar-refractivity contribution in [2.75, 3.05) is 13.2 Å². The first-order valence-electron chi connectivity index (χ1n) is 18.7. The maximum absolute atomic E-state index is 13.9. The van der Waals surface area contributed by atoms with Crippen LogP contribution in [0.5, 0.6) is 0 Å². The second-order valence-corrected chi connectivity index (χ2v) is 14.3. The Morgan fingerprint density at radius 1 is 1.04 bits per heavy atom. The van der Waals surface area contributed by atoms with Crippen LogP contribution < -0.4 is 10.6 Å². The number of unbranched alkanes of at least 4 members (excludes halogenated alkanes) is 4. The molecule has 4 N–H and O–H groups in total. The van der Waals surface area contributed by atoms with Gasteiger partial charge in [0.25, 0.3) is 0 Å². The number of epoxide rings is 1. The molecule has 0 aromatic heterocycles. The number of ether oxygens (including phenoxy) is 4. The Hall–Kier alpha value is -3.09. The lowest BCUT2D eigenvalue weighted by Crippen LogP contribution is -2.54. The molecular formula is C39H56N2O9. The predicted molar refractivity (Wildman–Crippen MR) is 188 cm³/mol. The minimum Gasteiger partial charge on any atom is -0.456 e. The number of hydrogen-bond acceptors (Lipinski definition) is 9. The summed E-state index contributed by atoms with van der Waals surface area (Å²) in [6.07, 6.45) is 13.8. The molecule has 2 heterocycles. The number of aliphatic hydroxyl groups is 2. The highest BCUT2D eigenvalue weighted by Crippen LogP contribution is 2.43. The van der Waals surface area contributed by atoms with Gasteiger partial charge < -0.3 is 39.8 Å². The molecule has 1 saturated carbocycles. The number of fused-ring (bicyclic) bond motifs is 2. The van der Waals surface area contributed by atoms with E-state index in [-0.39, 0.29) is 25.1 Å². The smallest absolute Gasteiger partial charge is 0.339 e. The summed E-state index contributed by atoms with van der Waals surface area (Å²) in [7, 11) is 0. The van der Waals surface area contributed by atoms with Crippen LogP contribution in [0.25, 0.3) is 6.08 Å². The maximum atomic E-state index is 13.9. The highest BCUT2D eigenvalue weighted by Gasteiger charge is 2.52. The van der Waals surface area contributed by atoms with Crippen LogP contribution in [0.3, 0.4) is 0 Å². The van der Waals surface area contributed by atoms with Crippen molar-refractivity contribution in [2.45, 2.75) is 146 Å². The molecule has 2 saturated heterocycles. The minimum atomic E-state index is -1.25. The molecule has 8 unspecified atom stereocenters. The van der Waals surface area contributed by atoms with E-state index in [1.807, 2.05) is 18.2 Å². The molecular weight excluding hydrogens is 640 g/mol. The third kappa shape index (κ3) is 9.82. The van der Waals surface area contributed by atoms with Gasteiger partial charge in [0.1, 0.15) is 24.4 Å². The fraction of sp³-hybridized carbons (Fsp3) is 0.667. The number of amides is 2. The van der Waals surface area contributed by atoms with Crippen molar-refractivity contribution in [3.63, 3.8) is 0 Å². The van der Waals surface area contributed by atoms with Crippen LogP contribution in [0, 0.1) is 5.92 Å². The Balaban J connectivity index is 1.38. The average molecular weight is 697 g/mol. The van der Waals surface area contributed by atoms with Crippen LogP contribution in [0.1, 0.15) is 114 Å². The van der Waals surface area contributed by atoms with Crippen LogP contribution in [-0.2, 0) is 28.5 Å². The zero-order chi connectivity index (χ0) is 35.7. The summed E-state index contributed by atoms with van der Waals surface area (Å²) in [5.41, 5.74) is 1.45. The molecule has 2 aliphatic heterocycles. The summed E-state index contributed by atoms with van der Waals surface area (Å²) in [5, 5.41) is 24.6. The van der Waals surface area contributed by atoms with Crippen LogP contribution in [0.4, 0.5) is 0 Å². The van der Waals surface area contributed by atoms with E-state index in [9.17, 15) is 19.5 Å². The van der Waals surface area contributed by atoms with Gasteiger partial charge in [-0.15, -0.1) is 0 Å². The molecule has 11 heteroatoms. The van der Waals surface area contributed by atoms with Gasteiger partial charge >= 0.3 is 5.97 Å². The molecule has 11 nitrogen and oxygen atoms in total. The lowest BCUT2D eigenvalue weighted by atomic mass is 9.88. The number of carbonyl (C=O) groups is 3. The van der Waals surface area contributed by atoms with Gasteiger partial charge in [-0.2, -0.15) is 0 Å². The molecule has 2 amide bonds. The quantitative estimate of drug-likeness (QED) is 0.0968. The van der Waals surface area contributed by atoms with E-state index >= 15 is 0 Å². The van der Waals surface area contributed by atoms with Crippen LogP contribution in [-0.4, -0.2) is 89.6 Å². The number of hydrogen-bond donors (Lipinski definition) is 4. The molecule has 1 aromatic carbocycles. The lowest BCUT2D eigenvalue weighted by Gasteiger charge is -2.31. The monoisotopic (exact) mass is 696 g/mol. The summed E-state index contributed by atoms with van der Waals surface area (Å²) >= 11 is 0. The first kappa shape index (κ1) is 38.1. The van der Waals surface area contributed by atoms with Gasteiger partial charge in [0, 0.05) is 31.4 Å². The Labute approximate surface area is 296 Å². The Bertz CT molecular complexity index is 1370. The van der Waals surface area contributed by atoms with Crippen molar-refractivity contribution in [1.82, 2.24) is 10.6 Å². The normalized spacial score (nSPS) is 27.8. The second-order valence-electron chi connectivity index (χ2n) is 14.3. The third-order valence-electron chi connectivity index (χ3n) is 10.3. The van der Waals surface area contributed by atoms with E-state index in [1.165, 1.54) is 6.92 Å². The van der Waals surface area contributed by atoms with Crippen molar-refractivity contribution in [3.8, 4) is 0 Å². The molecule has 0 bridgehead atoms. The predicted octanol–water partition coefficient (Wildman–Crippen LogP) is 4.74. The summed E-state index contributed by atoms with van der Waals surface area (Å²) in [5.74, 6) is -2.20. The largest absolute Gasteiger partial charge is 0.456 e. The molecule has 0 spiro atoms. The first-order chi connectivity index (χ1) is 24.2. The fourth-order valence-corrected chi connectivity index (χ4v) is 7.41. The summed E-state index contributed by atoms with van der Waals surface area (Å²) in [6.45, 7) is 5.40. The number of rotatable bonds is 18. The van der Waals surface area contributed by atoms with Crippen molar-refractivity contribution >= 4 is 23.9 Å². The van der Waals surface area contributed by atoms with Gasteiger partial charge in [-0.3, -0.25) is 9.59 Å². The van der Waals surface area contributed by atoms with Crippen molar-refractivity contribution in [3.05, 3.63) is 53.1 Å². The molecule has 2 aliphatic carbocycles. The molecule has 3 fully saturated rings. The van der Waals surface area contributed by atoms with E-state index in [2.05, 4.69) is 30.6 Å². The van der Waals surface area contributed by atoms with Crippen molar-refractivity contribution in [2.24, 2.45) is 5.92 Å². The highest BCUT2D eigenvalue weighted by atomic mass is 16.8. The van der Waals surface area contributed by atoms with Gasteiger partial charge in [-0.05, 0) is 62.7 Å². The zero-order valence-electron chi connectivity index (χ0n) is 29.8. The first-order valence-corrected chi connectivity index (χ1v) is 18.7. The molecule has 5 rings (SSSR count). The molecule has 276 valence electrons. The number of carbonyl (C=O) groups excluding carboxylic acids is 3. The lowest BCUT2D eigenvalue weighted by molar-refractivity contribution is -0.190. The molecule has 1 aromatic rings. The second kappa shape index (κ2) is 17.9.